The third kappa shape index (κ3) is 3.57. The summed E-state index contributed by atoms with van der Waals surface area (Å²) in [5.74, 6) is 0.830. The van der Waals surface area contributed by atoms with Gasteiger partial charge >= 0.3 is 0 Å². The number of benzene rings is 2. The number of aryl methyl sites for hydroxylation is 3. The summed E-state index contributed by atoms with van der Waals surface area (Å²) < 4.78 is 5.11. The van der Waals surface area contributed by atoms with E-state index >= 15 is 0 Å². The first-order valence-electron chi connectivity index (χ1n) is 8.96. The van der Waals surface area contributed by atoms with Crippen molar-refractivity contribution in [2.75, 3.05) is 0 Å². The van der Waals surface area contributed by atoms with E-state index in [1.165, 1.54) is 0 Å². The molecule has 26 heavy (non-hydrogen) atoms. The van der Waals surface area contributed by atoms with Gasteiger partial charge in [-0.3, -0.25) is 0 Å². The zero-order valence-electron chi connectivity index (χ0n) is 15.4. The molecule has 0 aliphatic carbocycles. The van der Waals surface area contributed by atoms with Crippen molar-refractivity contribution in [1.29, 1.82) is 0 Å². The van der Waals surface area contributed by atoms with E-state index in [1.54, 1.807) is 13.0 Å². The molecular weight excluding hydrogens is 328 g/mol. The summed E-state index contributed by atoms with van der Waals surface area (Å²) >= 11 is 0. The van der Waals surface area contributed by atoms with Gasteiger partial charge in [-0.05, 0) is 37.0 Å². The topological polar surface area (TPSA) is 79.4 Å². The summed E-state index contributed by atoms with van der Waals surface area (Å²) in [7, 11) is 0. The highest BCUT2D eigenvalue weighted by molar-refractivity contribution is 5.86. The Balaban J connectivity index is 2.18. The first-order valence-corrected chi connectivity index (χ1v) is 8.96. The van der Waals surface area contributed by atoms with Gasteiger partial charge in [0.2, 0.25) is 11.7 Å². The van der Waals surface area contributed by atoms with Crippen molar-refractivity contribution in [3.05, 3.63) is 47.3 Å². The molecule has 0 aliphatic heterocycles. The number of rotatable bonds is 6. The van der Waals surface area contributed by atoms with E-state index in [0.717, 1.165) is 42.4 Å². The zero-order chi connectivity index (χ0) is 18.7. The first kappa shape index (κ1) is 18.0. The van der Waals surface area contributed by atoms with Crippen LogP contribution in [0.15, 0.2) is 34.9 Å². The van der Waals surface area contributed by atoms with Gasteiger partial charge in [-0.2, -0.15) is 4.98 Å². The van der Waals surface area contributed by atoms with Crippen LogP contribution in [0.1, 0.15) is 43.2 Å². The Morgan fingerprint density at radius 2 is 1.85 bits per heavy atom. The molecule has 136 valence electrons. The molecule has 0 bridgehead atoms. The third-order valence-electron chi connectivity index (χ3n) is 4.47. The van der Waals surface area contributed by atoms with Crippen LogP contribution in [0.4, 0.5) is 0 Å². The average molecular weight is 352 g/mol. The molecule has 2 N–H and O–H groups in total. The maximum absolute atomic E-state index is 11.0. The molecule has 0 amide bonds. The molecule has 0 atom stereocenters. The number of hydrogen-bond acceptors (Lipinski definition) is 5. The number of phenolic OH excluding ortho intramolecular Hbond substituents is 2. The second-order valence-electron chi connectivity index (χ2n) is 6.62. The van der Waals surface area contributed by atoms with Gasteiger partial charge in [0.05, 0.1) is 11.1 Å². The van der Waals surface area contributed by atoms with Gasteiger partial charge in [-0.1, -0.05) is 54.8 Å². The van der Waals surface area contributed by atoms with Crippen molar-refractivity contribution in [3.63, 3.8) is 0 Å². The van der Waals surface area contributed by atoms with Gasteiger partial charge < -0.3 is 14.7 Å². The van der Waals surface area contributed by atoms with Crippen LogP contribution in [0, 0.1) is 13.8 Å². The molecule has 3 rings (SSSR count). The molecule has 0 radical (unpaired) electrons. The van der Waals surface area contributed by atoms with E-state index in [9.17, 15) is 10.2 Å². The Bertz CT molecular complexity index is 916. The van der Waals surface area contributed by atoms with E-state index in [1.807, 2.05) is 31.2 Å². The van der Waals surface area contributed by atoms with Crippen LogP contribution in [0.3, 0.4) is 0 Å². The second-order valence-corrected chi connectivity index (χ2v) is 6.62. The molecule has 1 aromatic heterocycles. The molecule has 0 fully saturated rings. The number of nitrogens with zero attached hydrogens (tertiary/aromatic N) is 2. The molecule has 0 saturated heterocycles. The van der Waals surface area contributed by atoms with Crippen LogP contribution in [-0.2, 0) is 6.42 Å². The van der Waals surface area contributed by atoms with Crippen molar-refractivity contribution < 1.29 is 14.7 Å². The van der Waals surface area contributed by atoms with Crippen LogP contribution in [0.5, 0.6) is 11.5 Å². The van der Waals surface area contributed by atoms with Crippen LogP contribution < -0.4 is 0 Å². The van der Waals surface area contributed by atoms with Crippen molar-refractivity contribution in [2.24, 2.45) is 0 Å². The lowest BCUT2D eigenvalue weighted by Gasteiger charge is -2.15. The summed E-state index contributed by atoms with van der Waals surface area (Å²) in [6.45, 7) is 5.82. The minimum Gasteiger partial charge on any atom is -0.507 e. The number of hydrogen-bond donors (Lipinski definition) is 2. The highest BCUT2D eigenvalue weighted by atomic mass is 16.5. The molecular formula is C21H24N2O3. The Hall–Kier alpha value is -2.82. The lowest BCUT2D eigenvalue weighted by molar-refractivity contribution is 0.393. The van der Waals surface area contributed by atoms with Gasteiger partial charge in [0.15, 0.2) is 0 Å². The fourth-order valence-electron chi connectivity index (χ4n) is 3.21. The monoisotopic (exact) mass is 352 g/mol. The van der Waals surface area contributed by atoms with Gasteiger partial charge in [0, 0.05) is 6.92 Å². The first-order chi connectivity index (χ1) is 12.5. The molecule has 2 aromatic carbocycles. The SMILES string of the molecule is CCCCCc1cc(O)c(-c2cccc(C)c2)c(O)c1-c1noc(C)n1. The van der Waals surface area contributed by atoms with Gasteiger partial charge in [0.1, 0.15) is 11.5 Å². The van der Waals surface area contributed by atoms with Gasteiger partial charge in [-0.15, -0.1) is 0 Å². The van der Waals surface area contributed by atoms with E-state index in [4.69, 9.17) is 4.52 Å². The maximum Gasteiger partial charge on any atom is 0.223 e. The third-order valence-corrected chi connectivity index (χ3v) is 4.47. The van der Waals surface area contributed by atoms with Crippen molar-refractivity contribution in [3.8, 4) is 34.0 Å². The molecule has 0 spiro atoms. The fraction of sp³-hybridized carbons (Fsp3) is 0.333. The number of unbranched alkanes of at least 4 members (excludes halogenated alkanes) is 2. The largest absolute Gasteiger partial charge is 0.507 e. The summed E-state index contributed by atoms with van der Waals surface area (Å²) in [4.78, 5) is 4.29. The Kier molecular flexibility index (Phi) is 5.26. The predicted molar refractivity (Wildman–Crippen MR) is 101 cm³/mol. The molecule has 5 nitrogen and oxygen atoms in total. The van der Waals surface area contributed by atoms with Crippen LogP contribution in [-0.4, -0.2) is 20.4 Å². The zero-order valence-corrected chi connectivity index (χ0v) is 15.4. The Morgan fingerprint density at radius 1 is 1.04 bits per heavy atom. The quantitative estimate of drug-likeness (QED) is 0.599. The van der Waals surface area contributed by atoms with E-state index in [0.29, 0.717) is 22.8 Å². The lowest BCUT2D eigenvalue weighted by atomic mass is 9.92. The summed E-state index contributed by atoms with van der Waals surface area (Å²) in [5, 5.41) is 25.6. The Labute approximate surface area is 153 Å². The number of aromatic hydroxyl groups is 2. The van der Waals surface area contributed by atoms with Crippen LogP contribution in [0.25, 0.3) is 22.5 Å². The molecule has 0 aliphatic rings. The highest BCUT2D eigenvalue weighted by Gasteiger charge is 2.23. The van der Waals surface area contributed by atoms with Crippen molar-refractivity contribution >= 4 is 0 Å². The minimum atomic E-state index is -0.0112. The Morgan fingerprint density at radius 3 is 2.50 bits per heavy atom. The maximum atomic E-state index is 11.0. The molecule has 3 aromatic rings. The minimum absolute atomic E-state index is 0.0112. The van der Waals surface area contributed by atoms with E-state index < -0.39 is 0 Å². The number of aromatic nitrogens is 2. The van der Waals surface area contributed by atoms with Crippen LogP contribution >= 0.6 is 0 Å². The summed E-state index contributed by atoms with van der Waals surface area (Å²) in [6.07, 6.45) is 3.86. The molecule has 0 unspecified atom stereocenters. The van der Waals surface area contributed by atoms with Crippen LogP contribution in [0.2, 0.25) is 0 Å². The van der Waals surface area contributed by atoms with Gasteiger partial charge in [0.25, 0.3) is 0 Å². The van der Waals surface area contributed by atoms with Gasteiger partial charge in [-0.25, -0.2) is 0 Å². The highest BCUT2D eigenvalue weighted by Crippen LogP contribution is 2.45. The fourth-order valence-corrected chi connectivity index (χ4v) is 3.21. The summed E-state index contributed by atoms with van der Waals surface area (Å²) in [5.41, 5.74) is 3.55. The predicted octanol–water partition coefficient (Wildman–Crippen LogP) is 5.16. The summed E-state index contributed by atoms with van der Waals surface area (Å²) in [6, 6.07) is 9.38. The second kappa shape index (κ2) is 7.60. The molecule has 1 heterocycles. The molecule has 5 heteroatoms. The normalized spacial score (nSPS) is 11.0. The van der Waals surface area contributed by atoms with E-state index in [-0.39, 0.29) is 11.5 Å². The number of phenols is 2. The van der Waals surface area contributed by atoms with Crippen molar-refractivity contribution in [2.45, 2.75) is 46.5 Å². The lowest BCUT2D eigenvalue weighted by Crippen LogP contribution is -1.96. The standard InChI is InChI=1S/C21H24N2O3/c1-4-5-6-9-16-12-17(24)18(15-10-7-8-13(2)11-15)20(25)19(16)21-22-14(3)26-23-21/h7-8,10-12,24-25H,4-6,9H2,1-3H3. The van der Waals surface area contributed by atoms with E-state index in [2.05, 4.69) is 17.1 Å². The smallest absolute Gasteiger partial charge is 0.223 e. The molecule has 0 saturated carbocycles. The average Bonchev–Trinajstić information content (AvgIpc) is 3.01. The van der Waals surface area contributed by atoms with Crippen molar-refractivity contribution in [1.82, 2.24) is 10.1 Å².